The van der Waals surface area contributed by atoms with Crippen LogP contribution in [0.4, 0.5) is 26.1 Å². The van der Waals surface area contributed by atoms with Crippen LogP contribution in [0, 0.1) is 11.6 Å². The van der Waals surface area contributed by atoms with Gasteiger partial charge in [-0.3, -0.25) is 0 Å². The van der Waals surface area contributed by atoms with E-state index >= 15 is 0 Å². The number of hydrogen-bond acceptors (Lipinski definition) is 5. The van der Waals surface area contributed by atoms with Gasteiger partial charge in [0, 0.05) is 23.9 Å². The summed E-state index contributed by atoms with van der Waals surface area (Å²) in [6, 6.07) is 10.1. The van der Waals surface area contributed by atoms with E-state index in [0.717, 1.165) is 6.07 Å². The molecule has 0 bridgehead atoms. The molecule has 0 atom stereocenters. The van der Waals surface area contributed by atoms with E-state index < -0.39 is 11.6 Å². The van der Waals surface area contributed by atoms with Crippen molar-refractivity contribution in [3.05, 3.63) is 59.3 Å². The Bertz CT molecular complexity index is 913. The van der Waals surface area contributed by atoms with Crippen LogP contribution in [0.5, 0.6) is 0 Å². The largest absolute Gasteiger partial charge is 0.368 e. The summed E-state index contributed by atoms with van der Waals surface area (Å²) in [6.45, 7) is 3.93. The lowest BCUT2D eigenvalue weighted by Gasteiger charge is -2.13. The zero-order valence-electron chi connectivity index (χ0n) is 14.1. The molecule has 0 unspecified atom stereocenters. The first kappa shape index (κ1) is 18.0. The first-order chi connectivity index (χ1) is 12.4. The minimum Gasteiger partial charge on any atom is -0.368 e. The van der Waals surface area contributed by atoms with Crippen LogP contribution in [0.15, 0.2) is 42.5 Å². The van der Waals surface area contributed by atoms with Gasteiger partial charge in [-0.1, -0.05) is 17.7 Å². The molecule has 0 aliphatic rings. The van der Waals surface area contributed by atoms with Crippen molar-refractivity contribution in [2.24, 2.45) is 0 Å². The number of aromatic nitrogens is 3. The van der Waals surface area contributed by atoms with E-state index in [1.807, 2.05) is 13.8 Å². The fourth-order valence-corrected chi connectivity index (χ4v) is 2.47. The van der Waals surface area contributed by atoms with Crippen LogP contribution in [0.2, 0.25) is 5.15 Å². The average Bonchev–Trinajstić information content (AvgIpc) is 2.53. The van der Waals surface area contributed by atoms with Crippen molar-refractivity contribution in [3.63, 3.8) is 0 Å². The Morgan fingerprint density at radius 1 is 0.923 bits per heavy atom. The minimum atomic E-state index is -0.682. The number of pyridine rings is 1. The number of hydrogen-bond donors (Lipinski definition) is 2. The summed E-state index contributed by atoms with van der Waals surface area (Å²) in [4.78, 5) is 13.0. The molecule has 2 aromatic heterocycles. The highest BCUT2D eigenvalue weighted by Gasteiger charge is 2.11. The standard InChI is InChI=1S/C18H16ClF2N5/c1-10(2)22-16-9-17(23-13-7-11(20)6-12(21)8-13)26-18(25-16)14-4-3-5-15(19)24-14/h3-10H,1-2H3,(H2,22,23,25,26). The maximum atomic E-state index is 13.4. The van der Waals surface area contributed by atoms with E-state index in [-0.39, 0.29) is 11.7 Å². The minimum absolute atomic E-state index is 0.129. The maximum absolute atomic E-state index is 13.4. The first-order valence-corrected chi connectivity index (χ1v) is 8.28. The molecule has 2 N–H and O–H groups in total. The predicted octanol–water partition coefficient (Wildman–Crippen LogP) is 5.03. The number of anilines is 3. The zero-order chi connectivity index (χ0) is 18.7. The smallest absolute Gasteiger partial charge is 0.182 e. The summed E-state index contributed by atoms with van der Waals surface area (Å²) in [5, 5.41) is 6.39. The van der Waals surface area contributed by atoms with Gasteiger partial charge >= 0.3 is 0 Å². The van der Waals surface area contributed by atoms with Gasteiger partial charge in [0.15, 0.2) is 5.82 Å². The Labute approximate surface area is 154 Å². The van der Waals surface area contributed by atoms with Gasteiger partial charge in [-0.05, 0) is 38.1 Å². The molecule has 26 heavy (non-hydrogen) atoms. The highest BCUT2D eigenvalue weighted by molar-refractivity contribution is 6.29. The van der Waals surface area contributed by atoms with Gasteiger partial charge in [-0.25, -0.2) is 23.7 Å². The molecular formula is C18H16ClF2N5. The second-order valence-electron chi connectivity index (χ2n) is 5.89. The van der Waals surface area contributed by atoms with Crippen molar-refractivity contribution in [2.45, 2.75) is 19.9 Å². The number of nitrogens with zero attached hydrogens (tertiary/aromatic N) is 3. The van der Waals surface area contributed by atoms with Crippen LogP contribution in [0.1, 0.15) is 13.8 Å². The van der Waals surface area contributed by atoms with Gasteiger partial charge in [0.25, 0.3) is 0 Å². The van der Waals surface area contributed by atoms with E-state index in [1.54, 1.807) is 24.3 Å². The lowest BCUT2D eigenvalue weighted by atomic mass is 10.3. The summed E-state index contributed by atoms with van der Waals surface area (Å²) >= 11 is 5.94. The van der Waals surface area contributed by atoms with Gasteiger partial charge < -0.3 is 10.6 Å². The molecule has 134 valence electrons. The molecule has 0 radical (unpaired) electrons. The normalized spacial score (nSPS) is 10.8. The highest BCUT2D eigenvalue weighted by atomic mass is 35.5. The average molecular weight is 376 g/mol. The van der Waals surface area contributed by atoms with Crippen LogP contribution in [0.3, 0.4) is 0 Å². The van der Waals surface area contributed by atoms with Crippen molar-refractivity contribution in [1.29, 1.82) is 0 Å². The van der Waals surface area contributed by atoms with Crippen molar-refractivity contribution < 1.29 is 8.78 Å². The van der Waals surface area contributed by atoms with Crippen LogP contribution in [-0.2, 0) is 0 Å². The molecule has 2 heterocycles. The second kappa shape index (κ2) is 7.61. The molecule has 0 aliphatic heterocycles. The topological polar surface area (TPSA) is 62.7 Å². The molecule has 0 spiro atoms. The summed E-state index contributed by atoms with van der Waals surface area (Å²) in [5.41, 5.74) is 0.722. The fourth-order valence-electron chi connectivity index (χ4n) is 2.30. The number of nitrogens with one attached hydrogen (secondary N) is 2. The molecule has 1 aromatic carbocycles. The van der Waals surface area contributed by atoms with E-state index in [9.17, 15) is 8.78 Å². The van der Waals surface area contributed by atoms with Crippen molar-refractivity contribution in [1.82, 2.24) is 15.0 Å². The first-order valence-electron chi connectivity index (χ1n) is 7.91. The van der Waals surface area contributed by atoms with Crippen LogP contribution in [-0.4, -0.2) is 21.0 Å². The summed E-state index contributed by atoms with van der Waals surface area (Å²) in [6.07, 6.45) is 0. The van der Waals surface area contributed by atoms with E-state index in [0.29, 0.717) is 28.3 Å². The van der Waals surface area contributed by atoms with Gasteiger partial charge in [-0.15, -0.1) is 0 Å². The molecule has 3 rings (SSSR count). The molecule has 0 amide bonds. The maximum Gasteiger partial charge on any atom is 0.182 e. The quantitative estimate of drug-likeness (QED) is 0.612. The zero-order valence-corrected chi connectivity index (χ0v) is 14.9. The predicted molar refractivity (Wildman–Crippen MR) is 98.7 cm³/mol. The molecule has 0 saturated carbocycles. The monoisotopic (exact) mass is 375 g/mol. The van der Waals surface area contributed by atoms with E-state index in [1.165, 1.54) is 12.1 Å². The van der Waals surface area contributed by atoms with Crippen molar-refractivity contribution in [3.8, 4) is 11.5 Å². The number of rotatable bonds is 5. The van der Waals surface area contributed by atoms with Crippen LogP contribution < -0.4 is 10.6 Å². The number of benzene rings is 1. The van der Waals surface area contributed by atoms with Crippen molar-refractivity contribution >= 4 is 28.9 Å². The Hall–Kier alpha value is -2.80. The molecule has 3 aromatic rings. The fraction of sp³-hybridized carbons (Fsp3) is 0.167. The third kappa shape index (κ3) is 4.64. The molecule has 8 heteroatoms. The summed E-state index contributed by atoms with van der Waals surface area (Å²) in [5.74, 6) is -0.119. The van der Waals surface area contributed by atoms with Gasteiger partial charge in [0.1, 0.15) is 34.1 Å². The molecular weight excluding hydrogens is 360 g/mol. The molecule has 0 aliphatic carbocycles. The second-order valence-corrected chi connectivity index (χ2v) is 6.28. The van der Waals surface area contributed by atoms with Gasteiger partial charge in [0.05, 0.1) is 0 Å². The Morgan fingerprint density at radius 3 is 2.27 bits per heavy atom. The van der Waals surface area contributed by atoms with Crippen molar-refractivity contribution in [2.75, 3.05) is 10.6 Å². The highest BCUT2D eigenvalue weighted by Crippen LogP contribution is 2.24. The lowest BCUT2D eigenvalue weighted by molar-refractivity contribution is 0.584. The van der Waals surface area contributed by atoms with Crippen LogP contribution >= 0.6 is 11.6 Å². The van der Waals surface area contributed by atoms with E-state index in [4.69, 9.17) is 11.6 Å². The lowest BCUT2D eigenvalue weighted by Crippen LogP contribution is -2.12. The Balaban J connectivity index is 2.01. The third-order valence-electron chi connectivity index (χ3n) is 3.24. The van der Waals surface area contributed by atoms with E-state index in [2.05, 4.69) is 25.6 Å². The SMILES string of the molecule is CC(C)Nc1cc(Nc2cc(F)cc(F)c2)nc(-c2cccc(Cl)n2)n1. The van der Waals surface area contributed by atoms with Gasteiger partial charge in [-0.2, -0.15) is 0 Å². The Kier molecular flexibility index (Phi) is 5.27. The van der Waals surface area contributed by atoms with Gasteiger partial charge in [0.2, 0.25) is 0 Å². The van der Waals surface area contributed by atoms with Crippen LogP contribution in [0.25, 0.3) is 11.5 Å². The Morgan fingerprint density at radius 2 is 1.62 bits per heavy atom. The molecule has 5 nitrogen and oxygen atoms in total. The molecule has 0 saturated heterocycles. The summed E-state index contributed by atoms with van der Waals surface area (Å²) < 4.78 is 26.8. The summed E-state index contributed by atoms with van der Waals surface area (Å²) in [7, 11) is 0. The number of halogens is 3. The third-order valence-corrected chi connectivity index (χ3v) is 3.45. The molecule has 0 fully saturated rings.